The maximum absolute atomic E-state index is 4.74. The van der Waals surface area contributed by atoms with Crippen LogP contribution in [0.15, 0.2) is 114 Å². The zero-order chi connectivity index (χ0) is 32.6. The summed E-state index contributed by atoms with van der Waals surface area (Å²) in [5.74, 6) is 0.701. The highest BCUT2D eigenvalue weighted by Crippen LogP contribution is 2.34. The van der Waals surface area contributed by atoms with Crippen LogP contribution in [0, 0.1) is 18.8 Å². The molecule has 0 heterocycles. The summed E-state index contributed by atoms with van der Waals surface area (Å²) in [6.45, 7) is 25.2. The molecule has 3 atom stereocenters. The Balaban J connectivity index is 0.000000798. The summed E-state index contributed by atoms with van der Waals surface area (Å²) < 4.78 is 0. The first-order valence-corrected chi connectivity index (χ1v) is 17.7. The molecule has 0 spiro atoms. The van der Waals surface area contributed by atoms with E-state index in [4.69, 9.17) is 12.2 Å². The summed E-state index contributed by atoms with van der Waals surface area (Å²) in [7, 11) is 0. The van der Waals surface area contributed by atoms with Gasteiger partial charge < -0.3 is 5.32 Å². The van der Waals surface area contributed by atoms with Crippen LogP contribution in [-0.4, -0.2) is 11.6 Å². The fourth-order valence-corrected chi connectivity index (χ4v) is 5.27. The van der Waals surface area contributed by atoms with E-state index in [0.717, 1.165) is 11.1 Å². The van der Waals surface area contributed by atoms with Crippen LogP contribution >= 0.6 is 24.0 Å². The third-order valence-corrected chi connectivity index (χ3v) is 8.17. The van der Waals surface area contributed by atoms with E-state index in [1.165, 1.54) is 59.4 Å². The molecule has 0 bridgehead atoms. The second-order valence-corrected chi connectivity index (χ2v) is 11.8. The molecule has 3 rings (SSSR count). The van der Waals surface area contributed by atoms with Gasteiger partial charge in [-0.15, -0.1) is 11.8 Å². The predicted molar refractivity (Wildman–Crippen MR) is 202 cm³/mol. The molecule has 1 aliphatic carbocycles. The molecule has 1 nitrogen and oxygen atoms in total. The fraction of sp³-hybridized carbons (Fsp3) is 0.425. The van der Waals surface area contributed by atoms with E-state index in [1.807, 2.05) is 32.1 Å². The summed E-state index contributed by atoms with van der Waals surface area (Å²) in [4.78, 5) is 1.29. The third-order valence-electron chi connectivity index (χ3n) is 7.17. The zero-order valence-electron chi connectivity index (χ0n) is 28.6. The Morgan fingerprint density at radius 2 is 1.67 bits per heavy atom. The highest BCUT2D eigenvalue weighted by atomic mass is 32.2. The molecule has 236 valence electrons. The van der Waals surface area contributed by atoms with Crippen molar-refractivity contribution in [3.05, 3.63) is 126 Å². The van der Waals surface area contributed by atoms with Crippen molar-refractivity contribution in [2.24, 2.45) is 11.8 Å². The van der Waals surface area contributed by atoms with E-state index in [1.54, 1.807) is 17.1 Å². The molecule has 0 aliphatic heterocycles. The third kappa shape index (κ3) is 16.1. The lowest BCUT2D eigenvalue weighted by atomic mass is 9.79. The Hall–Kier alpha value is -2.62. The van der Waals surface area contributed by atoms with Crippen molar-refractivity contribution in [3.8, 4) is 0 Å². The summed E-state index contributed by atoms with van der Waals surface area (Å²) in [6, 6.07) is 17.1. The maximum Gasteiger partial charge on any atom is 0.0483 e. The quantitative estimate of drug-likeness (QED) is 0.110. The topological polar surface area (TPSA) is 12.0 Å². The minimum absolute atomic E-state index is 0.234. The van der Waals surface area contributed by atoms with Gasteiger partial charge in [-0.1, -0.05) is 164 Å². The van der Waals surface area contributed by atoms with Crippen molar-refractivity contribution in [1.82, 2.24) is 5.32 Å². The van der Waals surface area contributed by atoms with Gasteiger partial charge in [0.1, 0.15) is 0 Å². The van der Waals surface area contributed by atoms with Gasteiger partial charge in [0, 0.05) is 27.9 Å². The van der Waals surface area contributed by atoms with E-state index < -0.39 is 0 Å². The minimum atomic E-state index is 0.234. The molecular weight excluding hydrogens is 559 g/mol. The van der Waals surface area contributed by atoms with E-state index in [2.05, 4.69) is 127 Å². The summed E-state index contributed by atoms with van der Waals surface area (Å²) >= 11 is 6.51. The van der Waals surface area contributed by atoms with E-state index in [-0.39, 0.29) is 6.04 Å². The monoisotopic (exact) mass is 617 g/mol. The molecule has 2 aromatic carbocycles. The molecule has 43 heavy (non-hydrogen) atoms. The number of rotatable bonds is 12. The van der Waals surface area contributed by atoms with Gasteiger partial charge in [-0.3, -0.25) is 0 Å². The number of allylic oxidation sites excluding steroid dienone is 7. The molecule has 0 aromatic heterocycles. The van der Waals surface area contributed by atoms with Gasteiger partial charge in [0.2, 0.25) is 0 Å². The Labute approximate surface area is 275 Å². The summed E-state index contributed by atoms with van der Waals surface area (Å²) in [6.07, 6.45) is 19.7. The van der Waals surface area contributed by atoms with E-state index in [0.29, 0.717) is 11.8 Å². The second kappa shape index (κ2) is 24.8. The Bertz CT molecular complexity index is 1150. The first-order chi connectivity index (χ1) is 20.7. The van der Waals surface area contributed by atoms with Crippen LogP contribution in [0.2, 0.25) is 0 Å². The van der Waals surface area contributed by atoms with Gasteiger partial charge in [-0.05, 0) is 67.9 Å². The van der Waals surface area contributed by atoms with E-state index >= 15 is 0 Å². The number of hydrogen-bond donors (Lipinski definition) is 1. The van der Waals surface area contributed by atoms with Crippen LogP contribution < -0.4 is 5.32 Å². The molecule has 0 saturated heterocycles. The maximum atomic E-state index is 4.74. The number of nitrogens with one attached hydrogen (secondary N) is 1. The number of thiocarbonyl (C=S) groups is 1. The van der Waals surface area contributed by atoms with Gasteiger partial charge in [0.25, 0.3) is 0 Å². The van der Waals surface area contributed by atoms with Gasteiger partial charge in [0.05, 0.1) is 0 Å². The van der Waals surface area contributed by atoms with Crippen LogP contribution in [0.1, 0.15) is 103 Å². The smallest absolute Gasteiger partial charge is 0.0483 e. The number of unbranched alkanes of at least 4 members (excludes halogenated alkanes) is 4. The van der Waals surface area contributed by atoms with Gasteiger partial charge >= 0.3 is 0 Å². The molecule has 0 fully saturated rings. The summed E-state index contributed by atoms with van der Waals surface area (Å²) in [5, 5.41) is 5.40. The fourth-order valence-electron chi connectivity index (χ4n) is 4.64. The van der Waals surface area contributed by atoms with Gasteiger partial charge in [0.15, 0.2) is 0 Å². The molecule has 0 amide bonds. The van der Waals surface area contributed by atoms with Crippen LogP contribution in [-0.2, 0) is 0 Å². The number of aryl methyl sites for hydroxylation is 1. The van der Waals surface area contributed by atoms with Crippen molar-refractivity contribution in [2.45, 2.75) is 98.4 Å². The summed E-state index contributed by atoms with van der Waals surface area (Å²) in [5.41, 5.74) is 7.34. The minimum Gasteiger partial charge on any atom is -0.381 e. The lowest BCUT2D eigenvalue weighted by Gasteiger charge is -2.31. The normalized spacial score (nSPS) is 16.0. The van der Waals surface area contributed by atoms with Crippen molar-refractivity contribution >= 4 is 29.3 Å². The second-order valence-electron chi connectivity index (χ2n) is 10.7. The van der Waals surface area contributed by atoms with Gasteiger partial charge in [-0.25, -0.2) is 0 Å². The van der Waals surface area contributed by atoms with Crippen LogP contribution in [0.3, 0.4) is 0 Å². The average Bonchev–Trinajstić information content (AvgIpc) is 3.03. The van der Waals surface area contributed by atoms with Crippen LogP contribution in [0.25, 0.3) is 0 Å². The molecule has 0 radical (unpaired) electrons. The standard InChI is InChI=1S/C23H29NS.C8H8S.C7H16.C2H6/c1-7-10-23(22-14-9-13-21(16(2)3)17(22)4)24-18(5)19-11-8-12-20(15-19)25-6;1-7-2-4-8(6-9)5-3-7;1-3-5-7-6-4-2;1-2/h7-15,17-18,22,24H,1-2H2,3-6H3;2-6H,1H3;3-7H2,1-2H3;1-2H3/b23-10+;;;. The van der Waals surface area contributed by atoms with Crippen LogP contribution in [0.4, 0.5) is 0 Å². The number of benzene rings is 2. The highest BCUT2D eigenvalue weighted by Gasteiger charge is 2.25. The molecule has 1 N–H and O–H groups in total. The highest BCUT2D eigenvalue weighted by molar-refractivity contribution is 7.98. The van der Waals surface area contributed by atoms with Crippen molar-refractivity contribution in [2.75, 3.05) is 6.26 Å². The number of hydrogen-bond acceptors (Lipinski definition) is 3. The van der Waals surface area contributed by atoms with Crippen LogP contribution in [0.5, 0.6) is 0 Å². The lowest BCUT2D eigenvalue weighted by Crippen LogP contribution is -2.28. The van der Waals surface area contributed by atoms with Crippen molar-refractivity contribution < 1.29 is 0 Å². The van der Waals surface area contributed by atoms with Crippen molar-refractivity contribution in [1.29, 1.82) is 0 Å². The molecular formula is C40H59NS2. The van der Waals surface area contributed by atoms with Gasteiger partial charge in [-0.2, -0.15) is 0 Å². The SMILES string of the molecule is C=C/C=C(/NC(C)c1cccc(SC)c1)C1C=CC=C(C(=C)C)C1C.CC.CCCCCCC.Cc1ccc(C=S)cc1. The first kappa shape index (κ1) is 40.4. The molecule has 3 unspecified atom stereocenters. The molecule has 1 aliphatic rings. The average molecular weight is 618 g/mol. The Kier molecular flexibility index (Phi) is 23.3. The lowest BCUT2D eigenvalue weighted by molar-refractivity contribution is 0.491. The Morgan fingerprint density at radius 1 is 1.05 bits per heavy atom. The largest absolute Gasteiger partial charge is 0.381 e. The molecule has 0 saturated carbocycles. The first-order valence-electron chi connectivity index (χ1n) is 16.0. The molecule has 2 aromatic rings. The Morgan fingerprint density at radius 3 is 2.19 bits per heavy atom. The zero-order valence-corrected chi connectivity index (χ0v) is 30.2. The predicted octanol–water partition coefficient (Wildman–Crippen LogP) is 12.8. The van der Waals surface area contributed by atoms with E-state index in [9.17, 15) is 0 Å². The molecule has 3 heteroatoms. The number of thioether (sulfide) groups is 1. The van der Waals surface area contributed by atoms with Crippen molar-refractivity contribution in [3.63, 3.8) is 0 Å².